The number of hydrogen-bond acceptors (Lipinski definition) is 2. The number of rotatable bonds is 3. The van der Waals surface area contributed by atoms with Crippen molar-refractivity contribution >= 4 is 5.69 Å². The largest absolute Gasteiger partial charge is 0.385 e. The van der Waals surface area contributed by atoms with E-state index in [1.54, 1.807) is 0 Å². The lowest BCUT2D eigenvalue weighted by molar-refractivity contribution is 0.353. The van der Waals surface area contributed by atoms with Crippen LogP contribution in [0.3, 0.4) is 0 Å². The van der Waals surface area contributed by atoms with Crippen LogP contribution in [0.5, 0.6) is 0 Å². The summed E-state index contributed by atoms with van der Waals surface area (Å²) in [6, 6.07) is 6.74. The van der Waals surface area contributed by atoms with Crippen LogP contribution in [0.4, 0.5) is 5.69 Å². The van der Waals surface area contributed by atoms with Crippen molar-refractivity contribution in [3.05, 3.63) is 29.3 Å². The van der Waals surface area contributed by atoms with Gasteiger partial charge in [-0.15, -0.1) is 0 Å². The molecule has 1 aliphatic rings. The van der Waals surface area contributed by atoms with Crippen LogP contribution in [0.25, 0.3) is 0 Å². The predicted molar refractivity (Wildman–Crippen MR) is 64.9 cm³/mol. The number of hydrogen-bond donors (Lipinski definition) is 1. The van der Waals surface area contributed by atoms with Crippen molar-refractivity contribution in [2.45, 2.75) is 26.9 Å². The van der Waals surface area contributed by atoms with Crippen LogP contribution in [-0.4, -0.2) is 18.5 Å². The summed E-state index contributed by atoms with van der Waals surface area (Å²) in [7, 11) is 2.17. The van der Waals surface area contributed by atoms with E-state index in [0.717, 1.165) is 19.6 Å². The lowest BCUT2D eigenvalue weighted by atomic mass is 10.1. The van der Waals surface area contributed by atoms with Crippen molar-refractivity contribution in [1.82, 2.24) is 4.90 Å². The maximum absolute atomic E-state index is 3.47. The summed E-state index contributed by atoms with van der Waals surface area (Å²) in [6.45, 7) is 7.70. The third-order valence-electron chi connectivity index (χ3n) is 2.80. The Labute approximate surface area is 92.3 Å². The van der Waals surface area contributed by atoms with Gasteiger partial charge in [0.25, 0.3) is 0 Å². The zero-order valence-corrected chi connectivity index (χ0v) is 9.88. The van der Waals surface area contributed by atoms with E-state index in [-0.39, 0.29) is 0 Å². The highest BCUT2D eigenvalue weighted by Gasteiger charge is 2.15. The molecule has 1 aromatic carbocycles. The lowest BCUT2D eigenvalue weighted by Gasteiger charge is -2.10. The highest BCUT2D eigenvalue weighted by atomic mass is 15.1. The van der Waals surface area contributed by atoms with E-state index in [1.165, 1.54) is 16.8 Å². The van der Waals surface area contributed by atoms with Crippen molar-refractivity contribution < 1.29 is 0 Å². The first-order chi connectivity index (χ1) is 7.15. The van der Waals surface area contributed by atoms with Crippen LogP contribution < -0.4 is 5.32 Å². The molecule has 2 rings (SSSR count). The standard InChI is InChI=1S/C13H20N2/c1-10(2)7-14-13-5-4-11-8-15(3)9-12(11)6-13/h4-6,10,14H,7-9H2,1-3H3. The third-order valence-corrected chi connectivity index (χ3v) is 2.80. The number of nitrogens with one attached hydrogen (secondary N) is 1. The summed E-state index contributed by atoms with van der Waals surface area (Å²) < 4.78 is 0. The minimum Gasteiger partial charge on any atom is -0.385 e. The summed E-state index contributed by atoms with van der Waals surface area (Å²) in [6.07, 6.45) is 0. The van der Waals surface area contributed by atoms with Crippen LogP contribution in [0.2, 0.25) is 0 Å². The van der Waals surface area contributed by atoms with E-state index in [2.05, 4.69) is 49.3 Å². The van der Waals surface area contributed by atoms with E-state index < -0.39 is 0 Å². The second kappa shape index (κ2) is 4.23. The molecule has 15 heavy (non-hydrogen) atoms. The van der Waals surface area contributed by atoms with Gasteiger partial charge in [0.1, 0.15) is 0 Å². The number of fused-ring (bicyclic) bond motifs is 1. The van der Waals surface area contributed by atoms with Gasteiger partial charge in [-0.25, -0.2) is 0 Å². The molecule has 0 spiro atoms. The van der Waals surface area contributed by atoms with Crippen LogP contribution in [0.15, 0.2) is 18.2 Å². The Bertz CT molecular complexity index is 344. The van der Waals surface area contributed by atoms with Crippen molar-refractivity contribution in [2.24, 2.45) is 5.92 Å². The van der Waals surface area contributed by atoms with Gasteiger partial charge in [-0.3, -0.25) is 4.90 Å². The van der Waals surface area contributed by atoms with Gasteiger partial charge in [0.05, 0.1) is 0 Å². The Morgan fingerprint density at radius 3 is 2.73 bits per heavy atom. The summed E-state index contributed by atoms with van der Waals surface area (Å²) in [5.74, 6) is 0.695. The highest BCUT2D eigenvalue weighted by molar-refractivity contribution is 5.49. The molecule has 2 heteroatoms. The Balaban J connectivity index is 2.06. The monoisotopic (exact) mass is 204 g/mol. The van der Waals surface area contributed by atoms with Gasteiger partial charge in [-0.2, -0.15) is 0 Å². The molecule has 0 saturated carbocycles. The molecule has 1 aliphatic heterocycles. The molecule has 0 saturated heterocycles. The van der Waals surface area contributed by atoms with E-state index >= 15 is 0 Å². The van der Waals surface area contributed by atoms with Gasteiger partial charge in [-0.1, -0.05) is 19.9 Å². The van der Waals surface area contributed by atoms with E-state index in [1.807, 2.05) is 0 Å². The molecule has 0 aliphatic carbocycles. The van der Waals surface area contributed by atoms with Crippen molar-refractivity contribution in [3.8, 4) is 0 Å². The Morgan fingerprint density at radius 1 is 1.27 bits per heavy atom. The molecule has 0 unspecified atom stereocenters. The van der Waals surface area contributed by atoms with Gasteiger partial charge in [0.2, 0.25) is 0 Å². The normalized spacial score (nSPS) is 15.7. The molecule has 0 atom stereocenters. The molecular weight excluding hydrogens is 184 g/mol. The lowest BCUT2D eigenvalue weighted by Crippen LogP contribution is -2.08. The fourth-order valence-corrected chi connectivity index (χ4v) is 2.00. The van der Waals surface area contributed by atoms with Crippen LogP contribution >= 0.6 is 0 Å². The highest BCUT2D eigenvalue weighted by Crippen LogP contribution is 2.24. The zero-order chi connectivity index (χ0) is 10.8. The maximum Gasteiger partial charge on any atom is 0.0343 e. The fourth-order valence-electron chi connectivity index (χ4n) is 2.00. The molecule has 0 bridgehead atoms. The first-order valence-corrected chi connectivity index (χ1v) is 5.69. The smallest absolute Gasteiger partial charge is 0.0343 e. The maximum atomic E-state index is 3.47. The molecule has 82 valence electrons. The zero-order valence-electron chi connectivity index (χ0n) is 9.88. The second-order valence-corrected chi connectivity index (χ2v) is 4.93. The van der Waals surface area contributed by atoms with Crippen LogP contribution in [-0.2, 0) is 13.1 Å². The van der Waals surface area contributed by atoms with E-state index in [4.69, 9.17) is 0 Å². The minimum atomic E-state index is 0.695. The molecule has 0 aromatic heterocycles. The van der Waals surface area contributed by atoms with Crippen molar-refractivity contribution in [3.63, 3.8) is 0 Å². The molecule has 1 heterocycles. The second-order valence-electron chi connectivity index (χ2n) is 4.93. The number of benzene rings is 1. The van der Waals surface area contributed by atoms with Gasteiger partial charge in [0.15, 0.2) is 0 Å². The van der Waals surface area contributed by atoms with Crippen molar-refractivity contribution in [1.29, 1.82) is 0 Å². The van der Waals surface area contributed by atoms with E-state index in [9.17, 15) is 0 Å². The first-order valence-electron chi connectivity index (χ1n) is 5.69. The van der Waals surface area contributed by atoms with Gasteiger partial charge in [-0.05, 0) is 36.2 Å². The topological polar surface area (TPSA) is 15.3 Å². The van der Waals surface area contributed by atoms with Gasteiger partial charge in [0, 0.05) is 25.3 Å². The van der Waals surface area contributed by atoms with Gasteiger partial charge >= 0.3 is 0 Å². The molecule has 0 fully saturated rings. The number of nitrogens with zero attached hydrogens (tertiary/aromatic N) is 1. The molecule has 1 aromatic rings. The molecule has 0 amide bonds. The average molecular weight is 204 g/mol. The van der Waals surface area contributed by atoms with Gasteiger partial charge < -0.3 is 5.32 Å². The molecule has 2 nitrogen and oxygen atoms in total. The Morgan fingerprint density at radius 2 is 2.00 bits per heavy atom. The summed E-state index contributed by atoms with van der Waals surface area (Å²) >= 11 is 0. The Kier molecular flexibility index (Phi) is 2.96. The predicted octanol–water partition coefficient (Wildman–Crippen LogP) is 2.70. The third kappa shape index (κ3) is 2.51. The van der Waals surface area contributed by atoms with Crippen LogP contribution in [0, 0.1) is 5.92 Å². The summed E-state index contributed by atoms with van der Waals surface area (Å²) in [5.41, 5.74) is 4.22. The van der Waals surface area contributed by atoms with Crippen molar-refractivity contribution in [2.75, 3.05) is 18.9 Å². The minimum absolute atomic E-state index is 0.695. The fraction of sp³-hybridized carbons (Fsp3) is 0.538. The quantitative estimate of drug-likeness (QED) is 0.814. The molecule has 1 N–H and O–H groups in total. The summed E-state index contributed by atoms with van der Waals surface area (Å²) in [5, 5.41) is 3.47. The molecule has 0 radical (unpaired) electrons. The average Bonchev–Trinajstić information content (AvgIpc) is 2.53. The first kappa shape index (κ1) is 10.5. The summed E-state index contributed by atoms with van der Waals surface area (Å²) in [4.78, 5) is 2.34. The van der Waals surface area contributed by atoms with E-state index in [0.29, 0.717) is 5.92 Å². The molecular formula is C13H20N2. The van der Waals surface area contributed by atoms with Crippen LogP contribution in [0.1, 0.15) is 25.0 Å². The SMILES string of the molecule is CC(C)CNc1ccc2c(c1)CN(C)C2. The Hall–Kier alpha value is -1.02. The number of anilines is 1.